The van der Waals surface area contributed by atoms with Gasteiger partial charge in [-0.25, -0.2) is 14.5 Å². The zero-order valence-electron chi connectivity index (χ0n) is 20.7. The first kappa shape index (κ1) is 26.9. The van der Waals surface area contributed by atoms with Crippen LogP contribution in [-0.2, 0) is 20.9 Å². The number of rotatable bonds is 7. The molecule has 0 spiro atoms. The van der Waals surface area contributed by atoms with Crippen molar-refractivity contribution in [1.82, 2.24) is 5.32 Å². The summed E-state index contributed by atoms with van der Waals surface area (Å²) in [6.45, 7) is 2.34. The standard InChI is InChI=1S/C28H23IN2O7/c1-16-5-4-6-17(11-16)15-38-24-22(29)13-18(14-23(24)36-2)12-21-25(32)30-28(35)31(26(21)33)20-9-7-19(8-10-20)27(34)37-3/h4-14H,15H2,1-3H3,(H,30,32,35)/b21-12+. The number of carbonyl (C=O) groups excluding carboxylic acids is 4. The molecule has 194 valence electrons. The number of aryl methyl sites for hydroxylation is 1. The number of hydrogen-bond donors (Lipinski definition) is 1. The molecular weight excluding hydrogens is 603 g/mol. The van der Waals surface area contributed by atoms with Crippen LogP contribution < -0.4 is 19.7 Å². The molecule has 0 aliphatic carbocycles. The lowest BCUT2D eigenvalue weighted by atomic mass is 10.1. The van der Waals surface area contributed by atoms with E-state index in [1.807, 2.05) is 31.2 Å². The van der Waals surface area contributed by atoms with Gasteiger partial charge in [0.1, 0.15) is 12.2 Å². The second-order valence-corrected chi connectivity index (χ2v) is 9.47. The topological polar surface area (TPSA) is 111 Å². The van der Waals surface area contributed by atoms with Gasteiger partial charge in [-0.15, -0.1) is 0 Å². The van der Waals surface area contributed by atoms with Crippen molar-refractivity contribution >= 4 is 58.2 Å². The van der Waals surface area contributed by atoms with E-state index in [-0.39, 0.29) is 16.8 Å². The number of hydrogen-bond acceptors (Lipinski definition) is 7. The third-order valence-corrected chi connectivity index (χ3v) is 6.48. The SMILES string of the molecule is COC(=O)c1ccc(N2C(=O)NC(=O)/C(=C\c3cc(I)c(OCc4cccc(C)c4)c(OC)c3)C2=O)cc1. The molecule has 1 fully saturated rings. The fraction of sp³-hybridized carbons (Fsp3) is 0.143. The molecule has 1 aliphatic heterocycles. The van der Waals surface area contributed by atoms with Crippen LogP contribution in [0.3, 0.4) is 0 Å². The van der Waals surface area contributed by atoms with Gasteiger partial charge in [-0.1, -0.05) is 29.8 Å². The third kappa shape index (κ3) is 5.70. The van der Waals surface area contributed by atoms with Crippen LogP contribution in [0.5, 0.6) is 11.5 Å². The van der Waals surface area contributed by atoms with Crippen LogP contribution in [0.25, 0.3) is 6.08 Å². The highest BCUT2D eigenvalue weighted by molar-refractivity contribution is 14.1. The number of imide groups is 2. The molecule has 4 amide bonds. The molecule has 0 atom stereocenters. The molecule has 1 saturated heterocycles. The van der Waals surface area contributed by atoms with Crippen molar-refractivity contribution in [1.29, 1.82) is 0 Å². The lowest BCUT2D eigenvalue weighted by Gasteiger charge is -2.26. The summed E-state index contributed by atoms with van der Waals surface area (Å²) < 4.78 is 16.9. The van der Waals surface area contributed by atoms with E-state index in [1.54, 1.807) is 12.1 Å². The fourth-order valence-corrected chi connectivity index (χ4v) is 4.62. The Morgan fingerprint density at radius 1 is 1.03 bits per heavy atom. The summed E-state index contributed by atoms with van der Waals surface area (Å²) in [7, 11) is 2.75. The Bertz CT molecular complexity index is 1460. The average molecular weight is 626 g/mol. The number of amides is 4. The van der Waals surface area contributed by atoms with Gasteiger partial charge in [-0.3, -0.25) is 14.9 Å². The van der Waals surface area contributed by atoms with Crippen molar-refractivity contribution in [3.05, 3.63) is 92.1 Å². The Kier molecular flexibility index (Phi) is 8.10. The molecule has 0 unspecified atom stereocenters. The number of nitrogens with one attached hydrogen (secondary N) is 1. The fourth-order valence-electron chi connectivity index (χ4n) is 3.84. The molecule has 1 N–H and O–H groups in total. The molecule has 0 saturated carbocycles. The molecular formula is C28H23IN2O7. The maximum absolute atomic E-state index is 13.2. The first-order valence-electron chi connectivity index (χ1n) is 11.4. The Morgan fingerprint density at radius 2 is 1.76 bits per heavy atom. The van der Waals surface area contributed by atoms with Gasteiger partial charge in [0, 0.05) is 0 Å². The lowest BCUT2D eigenvalue weighted by Crippen LogP contribution is -2.54. The van der Waals surface area contributed by atoms with Gasteiger partial charge in [0.15, 0.2) is 11.5 Å². The van der Waals surface area contributed by atoms with E-state index >= 15 is 0 Å². The Labute approximate surface area is 232 Å². The molecule has 9 nitrogen and oxygen atoms in total. The minimum Gasteiger partial charge on any atom is -0.493 e. The van der Waals surface area contributed by atoms with E-state index in [1.165, 1.54) is 44.6 Å². The van der Waals surface area contributed by atoms with Crippen molar-refractivity contribution in [3.63, 3.8) is 0 Å². The smallest absolute Gasteiger partial charge is 0.337 e. The Hall–Kier alpha value is -4.19. The van der Waals surface area contributed by atoms with E-state index in [0.29, 0.717) is 27.2 Å². The minimum atomic E-state index is -0.893. The van der Waals surface area contributed by atoms with Crippen LogP contribution in [0.4, 0.5) is 10.5 Å². The highest BCUT2D eigenvalue weighted by atomic mass is 127. The van der Waals surface area contributed by atoms with Crippen molar-refractivity contribution < 1.29 is 33.4 Å². The normalized spacial score (nSPS) is 14.4. The molecule has 1 heterocycles. The number of methoxy groups -OCH3 is 2. The van der Waals surface area contributed by atoms with Gasteiger partial charge in [-0.2, -0.15) is 0 Å². The summed E-state index contributed by atoms with van der Waals surface area (Å²) in [6.07, 6.45) is 1.38. The van der Waals surface area contributed by atoms with Crippen LogP contribution >= 0.6 is 22.6 Å². The van der Waals surface area contributed by atoms with E-state index < -0.39 is 23.8 Å². The number of anilines is 1. The van der Waals surface area contributed by atoms with Crippen LogP contribution in [0.2, 0.25) is 0 Å². The number of urea groups is 1. The van der Waals surface area contributed by atoms with Crippen LogP contribution in [0.15, 0.2) is 66.2 Å². The number of barbiturate groups is 1. The van der Waals surface area contributed by atoms with Crippen molar-refractivity contribution in [2.45, 2.75) is 13.5 Å². The zero-order valence-corrected chi connectivity index (χ0v) is 22.9. The highest BCUT2D eigenvalue weighted by Crippen LogP contribution is 2.35. The third-order valence-electron chi connectivity index (χ3n) is 5.68. The summed E-state index contributed by atoms with van der Waals surface area (Å²) in [5.74, 6) is -1.24. The molecule has 3 aromatic carbocycles. The molecule has 38 heavy (non-hydrogen) atoms. The largest absolute Gasteiger partial charge is 0.493 e. The van der Waals surface area contributed by atoms with Gasteiger partial charge in [0.2, 0.25) is 0 Å². The molecule has 4 rings (SSSR count). The molecule has 1 aliphatic rings. The number of benzene rings is 3. The van der Waals surface area contributed by atoms with Gasteiger partial charge in [0.25, 0.3) is 11.8 Å². The number of carbonyl (C=O) groups is 4. The number of ether oxygens (including phenoxy) is 3. The monoisotopic (exact) mass is 626 g/mol. The summed E-state index contributed by atoms with van der Waals surface area (Å²) in [5.41, 5.74) is 2.82. The average Bonchev–Trinajstić information content (AvgIpc) is 2.90. The van der Waals surface area contributed by atoms with Gasteiger partial charge in [-0.05, 0) is 83.1 Å². The Morgan fingerprint density at radius 3 is 2.42 bits per heavy atom. The van der Waals surface area contributed by atoms with Crippen LogP contribution in [-0.4, -0.2) is 38.0 Å². The maximum Gasteiger partial charge on any atom is 0.337 e. The van der Waals surface area contributed by atoms with Crippen LogP contribution in [0.1, 0.15) is 27.0 Å². The quantitative estimate of drug-likeness (QED) is 0.176. The van der Waals surface area contributed by atoms with Gasteiger partial charge in [0.05, 0.1) is 29.0 Å². The number of esters is 1. The predicted molar refractivity (Wildman–Crippen MR) is 148 cm³/mol. The van der Waals surface area contributed by atoms with E-state index in [2.05, 4.69) is 32.6 Å². The molecule has 0 bridgehead atoms. The van der Waals surface area contributed by atoms with Crippen molar-refractivity contribution in [2.24, 2.45) is 0 Å². The zero-order chi connectivity index (χ0) is 27.4. The minimum absolute atomic E-state index is 0.186. The van der Waals surface area contributed by atoms with Crippen LogP contribution in [0, 0.1) is 10.5 Å². The van der Waals surface area contributed by atoms with E-state index in [4.69, 9.17) is 9.47 Å². The first-order valence-corrected chi connectivity index (χ1v) is 12.5. The Balaban J connectivity index is 1.62. The summed E-state index contributed by atoms with van der Waals surface area (Å²) in [4.78, 5) is 50.9. The van der Waals surface area contributed by atoms with Crippen molar-refractivity contribution in [2.75, 3.05) is 19.1 Å². The highest BCUT2D eigenvalue weighted by Gasteiger charge is 2.37. The van der Waals surface area contributed by atoms with Gasteiger partial charge < -0.3 is 14.2 Å². The lowest BCUT2D eigenvalue weighted by molar-refractivity contribution is -0.122. The van der Waals surface area contributed by atoms with E-state index in [9.17, 15) is 19.2 Å². The molecule has 0 radical (unpaired) electrons. The second kappa shape index (κ2) is 11.5. The summed E-state index contributed by atoms with van der Waals surface area (Å²) in [5, 5.41) is 2.18. The predicted octanol–water partition coefficient (Wildman–Crippen LogP) is 4.64. The second-order valence-electron chi connectivity index (χ2n) is 8.31. The van der Waals surface area contributed by atoms with Crippen molar-refractivity contribution in [3.8, 4) is 11.5 Å². The number of nitrogens with zero attached hydrogens (tertiary/aromatic N) is 1. The summed E-state index contributed by atoms with van der Waals surface area (Å²) in [6, 6.07) is 16.1. The summed E-state index contributed by atoms with van der Waals surface area (Å²) >= 11 is 2.10. The number of halogens is 1. The molecule has 10 heteroatoms. The molecule has 0 aromatic heterocycles. The van der Waals surface area contributed by atoms with Gasteiger partial charge >= 0.3 is 12.0 Å². The maximum atomic E-state index is 13.2. The van der Waals surface area contributed by atoms with E-state index in [0.717, 1.165) is 16.0 Å². The first-order chi connectivity index (χ1) is 18.2. The molecule has 3 aromatic rings.